The second kappa shape index (κ2) is 6.89. The molecule has 1 aliphatic rings. The summed E-state index contributed by atoms with van der Waals surface area (Å²) in [6, 6.07) is 3.62. The number of imidazole rings is 1. The highest BCUT2D eigenvalue weighted by Crippen LogP contribution is 2.11. The number of rotatable bonds is 4. The Labute approximate surface area is 135 Å². The Bertz CT molecular complexity index is 631. The lowest BCUT2D eigenvalue weighted by molar-refractivity contribution is 0.0554. The number of amides is 1. The van der Waals surface area contributed by atoms with E-state index in [4.69, 9.17) is 0 Å². The van der Waals surface area contributed by atoms with Gasteiger partial charge in [-0.2, -0.15) is 0 Å². The third-order valence-corrected chi connectivity index (χ3v) is 3.95. The highest BCUT2D eigenvalue weighted by molar-refractivity contribution is 5.94. The molecule has 7 nitrogen and oxygen atoms in total. The quantitative estimate of drug-likeness (QED) is 0.884. The molecule has 0 aliphatic carbocycles. The Hall–Kier alpha value is -2.25. The van der Waals surface area contributed by atoms with E-state index in [1.165, 1.54) is 0 Å². The Morgan fingerprint density at radius 2 is 2.09 bits per heavy atom. The first-order valence-corrected chi connectivity index (χ1v) is 7.77. The van der Waals surface area contributed by atoms with Gasteiger partial charge in [0.1, 0.15) is 12.1 Å². The first-order chi connectivity index (χ1) is 11.1. The first-order valence-electron chi connectivity index (χ1n) is 7.77. The van der Waals surface area contributed by atoms with Crippen molar-refractivity contribution in [2.45, 2.75) is 13.0 Å². The molecule has 1 saturated heterocycles. The number of carbonyl (C=O) groups excluding carboxylic acids is 1. The van der Waals surface area contributed by atoms with Crippen molar-refractivity contribution in [3.05, 3.63) is 42.6 Å². The predicted octanol–water partition coefficient (Wildman–Crippen LogP) is 0.406. The van der Waals surface area contributed by atoms with Crippen LogP contribution in [0.5, 0.6) is 0 Å². The fourth-order valence-electron chi connectivity index (χ4n) is 2.75. The highest BCUT2D eigenvalue weighted by atomic mass is 16.3. The van der Waals surface area contributed by atoms with E-state index in [1.54, 1.807) is 36.3 Å². The number of hydrogen-bond acceptors (Lipinski definition) is 5. The van der Waals surface area contributed by atoms with Crippen molar-refractivity contribution >= 4 is 5.91 Å². The lowest BCUT2D eigenvalue weighted by atomic mass is 10.2. The fourth-order valence-corrected chi connectivity index (χ4v) is 2.75. The lowest BCUT2D eigenvalue weighted by Crippen LogP contribution is -2.50. The maximum Gasteiger partial charge on any atom is 0.255 e. The van der Waals surface area contributed by atoms with E-state index in [0.29, 0.717) is 25.2 Å². The van der Waals surface area contributed by atoms with Crippen molar-refractivity contribution < 1.29 is 9.90 Å². The van der Waals surface area contributed by atoms with Crippen molar-refractivity contribution in [1.29, 1.82) is 0 Å². The lowest BCUT2D eigenvalue weighted by Gasteiger charge is -2.35. The van der Waals surface area contributed by atoms with E-state index in [1.807, 2.05) is 17.2 Å². The Morgan fingerprint density at radius 3 is 2.65 bits per heavy atom. The Morgan fingerprint density at radius 1 is 1.30 bits per heavy atom. The number of aliphatic hydroxyl groups is 1. The summed E-state index contributed by atoms with van der Waals surface area (Å²) in [6.07, 6.45) is 6.45. The van der Waals surface area contributed by atoms with Gasteiger partial charge in [-0.3, -0.25) is 14.3 Å². The third-order valence-electron chi connectivity index (χ3n) is 3.95. The van der Waals surface area contributed by atoms with Crippen LogP contribution in [0.25, 0.3) is 5.82 Å². The molecule has 1 amide bonds. The van der Waals surface area contributed by atoms with Crippen LogP contribution < -0.4 is 0 Å². The van der Waals surface area contributed by atoms with E-state index in [2.05, 4.69) is 14.9 Å². The second-order valence-electron chi connectivity index (χ2n) is 5.82. The van der Waals surface area contributed by atoms with Gasteiger partial charge in [0.2, 0.25) is 0 Å². The summed E-state index contributed by atoms with van der Waals surface area (Å²) in [5.74, 6) is 0.743. The topological polar surface area (TPSA) is 74.5 Å². The molecule has 0 spiro atoms. The average Bonchev–Trinajstić information content (AvgIpc) is 3.09. The molecule has 0 saturated carbocycles. The minimum atomic E-state index is -0.336. The van der Waals surface area contributed by atoms with E-state index in [0.717, 1.165) is 18.9 Å². The maximum absolute atomic E-state index is 12.5. The Balaban J connectivity index is 1.60. The van der Waals surface area contributed by atoms with E-state index >= 15 is 0 Å². The van der Waals surface area contributed by atoms with Crippen LogP contribution in [0, 0.1) is 0 Å². The first kappa shape index (κ1) is 15.6. The second-order valence-corrected chi connectivity index (χ2v) is 5.82. The molecule has 0 bridgehead atoms. The number of nitrogens with zero attached hydrogens (tertiary/aromatic N) is 5. The van der Waals surface area contributed by atoms with Gasteiger partial charge in [-0.25, -0.2) is 9.97 Å². The van der Waals surface area contributed by atoms with Gasteiger partial charge in [-0.15, -0.1) is 0 Å². The molecule has 122 valence electrons. The summed E-state index contributed by atoms with van der Waals surface area (Å²) < 4.78 is 1.79. The fraction of sp³-hybridized carbons (Fsp3) is 0.438. The summed E-state index contributed by atoms with van der Waals surface area (Å²) in [5.41, 5.74) is 0.595. The van der Waals surface area contributed by atoms with Gasteiger partial charge in [-0.05, 0) is 19.1 Å². The molecular weight excluding hydrogens is 294 g/mol. The summed E-state index contributed by atoms with van der Waals surface area (Å²) >= 11 is 0. The Kier molecular flexibility index (Phi) is 4.68. The van der Waals surface area contributed by atoms with Crippen LogP contribution in [0.4, 0.5) is 0 Å². The number of aliphatic hydroxyl groups excluding tert-OH is 1. The molecule has 7 heteroatoms. The number of pyridine rings is 1. The molecule has 1 N–H and O–H groups in total. The van der Waals surface area contributed by atoms with Crippen molar-refractivity contribution in [3.63, 3.8) is 0 Å². The molecule has 23 heavy (non-hydrogen) atoms. The number of hydrogen-bond donors (Lipinski definition) is 1. The van der Waals surface area contributed by atoms with Crippen LogP contribution in [0.3, 0.4) is 0 Å². The van der Waals surface area contributed by atoms with Crippen molar-refractivity contribution in [2.24, 2.45) is 0 Å². The maximum atomic E-state index is 12.5. The van der Waals surface area contributed by atoms with Gasteiger partial charge in [0.15, 0.2) is 0 Å². The molecule has 2 aromatic heterocycles. The number of carbonyl (C=O) groups is 1. The third kappa shape index (κ3) is 3.75. The van der Waals surface area contributed by atoms with Crippen LogP contribution >= 0.6 is 0 Å². The van der Waals surface area contributed by atoms with Gasteiger partial charge >= 0.3 is 0 Å². The summed E-state index contributed by atoms with van der Waals surface area (Å²) in [4.78, 5) is 24.8. The molecule has 3 heterocycles. The van der Waals surface area contributed by atoms with Crippen LogP contribution in [0.1, 0.15) is 17.3 Å². The van der Waals surface area contributed by atoms with Crippen LogP contribution in [-0.2, 0) is 0 Å². The number of aromatic nitrogens is 3. The average molecular weight is 315 g/mol. The van der Waals surface area contributed by atoms with Crippen molar-refractivity contribution in [3.8, 4) is 5.82 Å². The monoisotopic (exact) mass is 315 g/mol. The smallest absolute Gasteiger partial charge is 0.255 e. The van der Waals surface area contributed by atoms with E-state index in [9.17, 15) is 9.90 Å². The molecule has 1 fully saturated rings. The molecule has 2 aromatic rings. The highest BCUT2D eigenvalue weighted by Gasteiger charge is 2.22. The molecule has 1 atom stereocenters. The van der Waals surface area contributed by atoms with Gasteiger partial charge in [0.05, 0.1) is 11.7 Å². The summed E-state index contributed by atoms with van der Waals surface area (Å²) in [6.45, 7) is 5.37. The molecule has 0 unspecified atom stereocenters. The van der Waals surface area contributed by atoms with Crippen LogP contribution in [0.15, 0.2) is 37.1 Å². The predicted molar refractivity (Wildman–Crippen MR) is 85.4 cm³/mol. The molecule has 1 aliphatic heterocycles. The SMILES string of the molecule is C[C@@H](O)CN1CCN(C(=O)c2ccc(-n3ccnc3)nc2)CC1. The summed E-state index contributed by atoms with van der Waals surface area (Å²) in [5, 5.41) is 9.43. The van der Waals surface area contributed by atoms with Crippen LogP contribution in [0.2, 0.25) is 0 Å². The molecule has 0 radical (unpaired) electrons. The van der Waals surface area contributed by atoms with Gasteiger partial charge in [-0.1, -0.05) is 0 Å². The molecule has 0 aromatic carbocycles. The zero-order valence-corrected chi connectivity index (χ0v) is 13.2. The standard InChI is InChI=1S/C16H21N5O2/c1-13(22)11-19-6-8-20(9-7-19)16(23)14-2-3-15(18-10-14)21-5-4-17-12-21/h2-5,10,12-13,22H,6-9,11H2,1H3/t13-/m1/s1. The van der Waals surface area contributed by atoms with E-state index in [-0.39, 0.29) is 12.0 Å². The minimum absolute atomic E-state index is 0.00591. The van der Waals surface area contributed by atoms with Crippen molar-refractivity contribution in [2.75, 3.05) is 32.7 Å². The number of β-amino-alcohol motifs (C(OH)–C–C–N with tert-alkyl or cyclic N) is 1. The minimum Gasteiger partial charge on any atom is -0.392 e. The normalized spacial score (nSPS) is 17.2. The van der Waals surface area contributed by atoms with Crippen LogP contribution in [-0.4, -0.2) is 74.2 Å². The molecule has 3 rings (SSSR count). The zero-order chi connectivity index (χ0) is 16.2. The zero-order valence-electron chi connectivity index (χ0n) is 13.2. The molecular formula is C16H21N5O2. The van der Waals surface area contributed by atoms with Crippen molar-refractivity contribution in [1.82, 2.24) is 24.3 Å². The largest absolute Gasteiger partial charge is 0.392 e. The van der Waals surface area contributed by atoms with E-state index < -0.39 is 0 Å². The van der Waals surface area contributed by atoms with Gasteiger partial charge in [0.25, 0.3) is 5.91 Å². The summed E-state index contributed by atoms with van der Waals surface area (Å²) in [7, 11) is 0. The van der Waals surface area contributed by atoms with Gasteiger partial charge < -0.3 is 10.0 Å². The van der Waals surface area contributed by atoms with Gasteiger partial charge in [0, 0.05) is 51.3 Å². The number of piperazine rings is 1.